The van der Waals surface area contributed by atoms with Gasteiger partial charge in [-0.25, -0.2) is 4.98 Å². The quantitative estimate of drug-likeness (QED) is 0.245. The zero-order valence-electron chi connectivity index (χ0n) is 21.9. The number of dihydropyridines is 1. The molecule has 1 aliphatic heterocycles. The second-order valence-corrected chi connectivity index (χ2v) is 9.54. The molecule has 4 heterocycles. The number of H-pyrrole nitrogens is 1. The molecule has 192 valence electrons. The molecule has 0 spiro atoms. The number of pyridine rings is 2. The number of anilines is 1. The lowest BCUT2D eigenvalue weighted by atomic mass is 10.0. The van der Waals surface area contributed by atoms with E-state index in [1.807, 2.05) is 37.8 Å². The standard InChI is InChI=1S/C31H33N7/c1-6-22(13-26(7-2)35-20(4)23-10-11-23)25-14-27-30(37-38-31(27)34-16-25)21(5)36-29-18-33-17-28(19(29)3)24-9-8-12-32-15-24/h6-9,13-18,23,32,35-36H,2,4-5,10-12H2,1,3H3,(H,34,37,38)/b22-6+,26-13+. The third-order valence-electron chi connectivity index (χ3n) is 6.86. The Morgan fingerprint density at radius 3 is 2.74 bits per heavy atom. The monoisotopic (exact) mass is 503 g/mol. The van der Waals surface area contributed by atoms with Crippen molar-refractivity contribution in [2.45, 2.75) is 26.7 Å². The van der Waals surface area contributed by atoms with Crippen molar-refractivity contribution in [3.8, 4) is 0 Å². The van der Waals surface area contributed by atoms with Crippen molar-refractivity contribution in [3.05, 3.63) is 115 Å². The lowest BCUT2D eigenvalue weighted by Crippen LogP contribution is -2.11. The Labute approximate surface area is 223 Å². The molecule has 1 saturated carbocycles. The van der Waals surface area contributed by atoms with Gasteiger partial charge in [-0.2, -0.15) is 5.10 Å². The molecule has 0 bridgehead atoms. The summed E-state index contributed by atoms with van der Waals surface area (Å²) < 4.78 is 0. The molecule has 0 aromatic carbocycles. The number of rotatable bonds is 10. The third-order valence-corrected chi connectivity index (χ3v) is 6.86. The van der Waals surface area contributed by atoms with Gasteiger partial charge in [0.1, 0.15) is 0 Å². The molecule has 2 aliphatic rings. The zero-order chi connectivity index (χ0) is 26.6. The molecular weight excluding hydrogens is 470 g/mol. The minimum absolute atomic E-state index is 0.560. The maximum absolute atomic E-state index is 4.61. The van der Waals surface area contributed by atoms with Gasteiger partial charge in [0.15, 0.2) is 5.65 Å². The molecule has 0 unspecified atom stereocenters. The van der Waals surface area contributed by atoms with Crippen molar-refractivity contribution in [1.29, 1.82) is 0 Å². The zero-order valence-corrected chi connectivity index (χ0v) is 21.9. The number of hydrogen-bond donors (Lipinski definition) is 4. The van der Waals surface area contributed by atoms with E-state index >= 15 is 0 Å². The van der Waals surface area contributed by atoms with Gasteiger partial charge in [0.2, 0.25) is 0 Å². The first kappa shape index (κ1) is 25.0. The van der Waals surface area contributed by atoms with Crippen molar-refractivity contribution in [2.75, 3.05) is 11.9 Å². The molecule has 0 radical (unpaired) electrons. The van der Waals surface area contributed by atoms with Gasteiger partial charge >= 0.3 is 0 Å². The second kappa shape index (κ2) is 10.8. The van der Waals surface area contributed by atoms with Gasteiger partial charge in [0.05, 0.1) is 23.3 Å². The summed E-state index contributed by atoms with van der Waals surface area (Å²) in [6.07, 6.45) is 20.1. The largest absolute Gasteiger partial charge is 0.387 e. The molecular formula is C31H33N7. The van der Waals surface area contributed by atoms with Gasteiger partial charge in [0.25, 0.3) is 0 Å². The predicted molar refractivity (Wildman–Crippen MR) is 158 cm³/mol. The highest BCUT2D eigenvalue weighted by Crippen LogP contribution is 2.35. The Hall–Kier alpha value is -4.65. The van der Waals surface area contributed by atoms with Gasteiger partial charge in [0, 0.05) is 53.0 Å². The van der Waals surface area contributed by atoms with E-state index in [4.69, 9.17) is 0 Å². The van der Waals surface area contributed by atoms with Crippen LogP contribution in [0.2, 0.25) is 0 Å². The van der Waals surface area contributed by atoms with Crippen LogP contribution in [0.3, 0.4) is 0 Å². The van der Waals surface area contributed by atoms with E-state index in [0.717, 1.165) is 62.5 Å². The van der Waals surface area contributed by atoms with Crippen LogP contribution in [0.5, 0.6) is 0 Å². The van der Waals surface area contributed by atoms with Crippen molar-refractivity contribution >= 4 is 33.6 Å². The van der Waals surface area contributed by atoms with Crippen LogP contribution < -0.4 is 16.0 Å². The number of allylic oxidation sites excluding steroid dienone is 7. The molecule has 5 rings (SSSR count). The third kappa shape index (κ3) is 5.22. The summed E-state index contributed by atoms with van der Waals surface area (Å²) in [6.45, 7) is 17.4. The maximum atomic E-state index is 4.61. The van der Waals surface area contributed by atoms with Crippen LogP contribution in [0.1, 0.15) is 42.1 Å². The number of hydrogen-bond acceptors (Lipinski definition) is 6. The van der Waals surface area contributed by atoms with Crippen LogP contribution >= 0.6 is 0 Å². The van der Waals surface area contributed by atoms with Crippen LogP contribution in [-0.4, -0.2) is 26.7 Å². The normalized spacial score (nSPS) is 15.6. The first-order valence-corrected chi connectivity index (χ1v) is 12.8. The summed E-state index contributed by atoms with van der Waals surface area (Å²) in [5.74, 6) is 0.560. The highest BCUT2D eigenvalue weighted by Gasteiger charge is 2.24. The summed E-state index contributed by atoms with van der Waals surface area (Å²) in [6, 6.07) is 2.08. The van der Waals surface area contributed by atoms with E-state index in [2.05, 4.69) is 93.1 Å². The van der Waals surface area contributed by atoms with Crippen LogP contribution in [0.4, 0.5) is 5.69 Å². The molecule has 1 aliphatic carbocycles. The Bertz CT molecular complexity index is 1540. The highest BCUT2D eigenvalue weighted by molar-refractivity contribution is 5.93. The van der Waals surface area contributed by atoms with Crippen molar-refractivity contribution in [1.82, 2.24) is 30.8 Å². The number of fused-ring (bicyclic) bond motifs is 1. The molecule has 7 heteroatoms. The van der Waals surface area contributed by atoms with Gasteiger partial charge in [-0.3, -0.25) is 10.1 Å². The Kier molecular flexibility index (Phi) is 7.09. The lowest BCUT2D eigenvalue weighted by molar-refractivity contribution is 0.865. The van der Waals surface area contributed by atoms with E-state index in [9.17, 15) is 0 Å². The van der Waals surface area contributed by atoms with E-state index in [-0.39, 0.29) is 0 Å². The Balaban J connectivity index is 1.41. The second-order valence-electron chi connectivity index (χ2n) is 9.54. The van der Waals surface area contributed by atoms with Crippen molar-refractivity contribution < 1.29 is 0 Å². The summed E-state index contributed by atoms with van der Waals surface area (Å²) >= 11 is 0. The van der Waals surface area contributed by atoms with E-state index in [1.54, 1.807) is 0 Å². The van der Waals surface area contributed by atoms with Gasteiger partial charge in [-0.05, 0) is 67.5 Å². The minimum atomic E-state index is 0.560. The fourth-order valence-corrected chi connectivity index (χ4v) is 4.46. The van der Waals surface area contributed by atoms with E-state index in [1.165, 1.54) is 12.8 Å². The topological polar surface area (TPSA) is 90.6 Å². The van der Waals surface area contributed by atoms with Gasteiger partial charge in [-0.15, -0.1) is 0 Å². The van der Waals surface area contributed by atoms with Gasteiger partial charge < -0.3 is 16.0 Å². The average Bonchev–Trinajstić information content (AvgIpc) is 3.71. The first-order chi connectivity index (χ1) is 18.5. The Morgan fingerprint density at radius 1 is 1.18 bits per heavy atom. The molecule has 7 nitrogen and oxygen atoms in total. The SMILES string of the molecule is C=C/C(=C\C(=C/C)c1cnc2n[nH]c(C(=C)Nc3cncc(C4=CNCC=C4)c3C)c2c1)NC(=C)C1CC1. The first-order valence-electron chi connectivity index (χ1n) is 12.8. The molecule has 0 atom stereocenters. The smallest absolute Gasteiger partial charge is 0.181 e. The summed E-state index contributed by atoms with van der Waals surface area (Å²) in [5.41, 5.74) is 10.2. The number of nitrogens with one attached hydrogen (secondary N) is 4. The molecule has 3 aromatic rings. The minimum Gasteiger partial charge on any atom is -0.387 e. The molecule has 4 N–H and O–H groups in total. The summed E-state index contributed by atoms with van der Waals surface area (Å²) in [4.78, 5) is 9.06. The predicted octanol–water partition coefficient (Wildman–Crippen LogP) is 6.23. The van der Waals surface area contributed by atoms with E-state index < -0.39 is 0 Å². The maximum Gasteiger partial charge on any atom is 0.181 e. The highest BCUT2D eigenvalue weighted by atomic mass is 15.2. The van der Waals surface area contributed by atoms with Crippen molar-refractivity contribution in [3.63, 3.8) is 0 Å². The van der Waals surface area contributed by atoms with Crippen LogP contribution in [0, 0.1) is 12.8 Å². The summed E-state index contributed by atoms with van der Waals surface area (Å²) in [5, 5.41) is 18.5. The molecule has 1 fully saturated rings. The Morgan fingerprint density at radius 2 is 2.03 bits per heavy atom. The number of aromatic nitrogens is 4. The number of aromatic amines is 1. The molecule has 0 amide bonds. The summed E-state index contributed by atoms with van der Waals surface area (Å²) in [7, 11) is 0. The van der Waals surface area contributed by atoms with Crippen LogP contribution in [0.15, 0.2) is 92.4 Å². The molecule has 38 heavy (non-hydrogen) atoms. The van der Waals surface area contributed by atoms with Crippen LogP contribution in [-0.2, 0) is 0 Å². The molecule has 3 aromatic heterocycles. The fraction of sp³-hybridized carbons (Fsp3) is 0.194. The van der Waals surface area contributed by atoms with Crippen LogP contribution in [0.25, 0.3) is 27.9 Å². The number of nitrogens with zero attached hydrogens (tertiary/aromatic N) is 3. The lowest BCUT2D eigenvalue weighted by Gasteiger charge is -2.16. The van der Waals surface area contributed by atoms with Crippen molar-refractivity contribution in [2.24, 2.45) is 5.92 Å². The van der Waals surface area contributed by atoms with Gasteiger partial charge in [-0.1, -0.05) is 38.0 Å². The average molecular weight is 504 g/mol. The fourth-order valence-electron chi connectivity index (χ4n) is 4.46. The van der Waals surface area contributed by atoms with E-state index in [0.29, 0.717) is 17.3 Å². The molecule has 0 saturated heterocycles.